The minimum atomic E-state index is -0.329. The fourth-order valence-corrected chi connectivity index (χ4v) is 2.14. The number of aryl methyl sites for hydroxylation is 2. The van der Waals surface area contributed by atoms with Crippen LogP contribution in [0, 0.1) is 6.92 Å². The molecule has 2 heterocycles. The first-order valence-electron chi connectivity index (χ1n) is 5.76. The van der Waals surface area contributed by atoms with Gasteiger partial charge in [-0.2, -0.15) is 0 Å². The average Bonchev–Trinajstić information content (AvgIpc) is 2.96. The molecule has 0 aliphatic carbocycles. The van der Waals surface area contributed by atoms with Crippen LogP contribution in [-0.4, -0.2) is 21.3 Å². The Morgan fingerprint density at radius 1 is 1.50 bits per heavy atom. The molecule has 0 aliphatic rings. The molecule has 1 N–H and O–H groups in total. The Morgan fingerprint density at radius 2 is 2.33 bits per heavy atom. The SMILES string of the molecule is CCCCc1nnc(NC(=O)c2cc(C)on2)s1. The first-order chi connectivity index (χ1) is 8.69. The number of anilines is 1. The minimum Gasteiger partial charge on any atom is -0.361 e. The maximum Gasteiger partial charge on any atom is 0.279 e. The Balaban J connectivity index is 1.97. The lowest BCUT2D eigenvalue weighted by atomic mass is 10.3. The summed E-state index contributed by atoms with van der Waals surface area (Å²) >= 11 is 1.39. The lowest BCUT2D eigenvalue weighted by molar-refractivity contribution is 0.101. The summed E-state index contributed by atoms with van der Waals surface area (Å²) in [6.45, 7) is 3.86. The molecule has 2 rings (SSSR count). The Morgan fingerprint density at radius 3 is 3.00 bits per heavy atom. The molecule has 0 aliphatic heterocycles. The van der Waals surface area contributed by atoms with E-state index in [1.165, 1.54) is 11.3 Å². The number of amides is 1. The minimum absolute atomic E-state index is 0.248. The normalized spacial score (nSPS) is 10.6. The van der Waals surface area contributed by atoms with E-state index >= 15 is 0 Å². The summed E-state index contributed by atoms with van der Waals surface area (Å²) in [7, 11) is 0. The van der Waals surface area contributed by atoms with E-state index in [1.54, 1.807) is 13.0 Å². The Hall–Kier alpha value is -1.76. The molecule has 0 unspecified atom stereocenters. The predicted molar refractivity (Wildman–Crippen MR) is 67.7 cm³/mol. The third-order valence-electron chi connectivity index (χ3n) is 2.29. The number of nitrogens with zero attached hydrogens (tertiary/aromatic N) is 3. The van der Waals surface area contributed by atoms with Crippen molar-refractivity contribution in [3.63, 3.8) is 0 Å². The van der Waals surface area contributed by atoms with Gasteiger partial charge in [0.25, 0.3) is 5.91 Å². The number of aromatic nitrogens is 3. The van der Waals surface area contributed by atoms with Gasteiger partial charge in [0.2, 0.25) is 5.13 Å². The molecule has 6 nitrogen and oxygen atoms in total. The van der Waals surface area contributed by atoms with Crippen LogP contribution < -0.4 is 5.32 Å². The lowest BCUT2D eigenvalue weighted by Gasteiger charge is -1.94. The van der Waals surface area contributed by atoms with Gasteiger partial charge in [0.15, 0.2) is 5.69 Å². The number of unbranched alkanes of at least 4 members (excludes halogenated alkanes) is 1. The van der Waals surface area contributed by atoms with Crippen LogP contribution in [0.3, 0.4) is 0 Å². The van der Waals surface area contributed by atoms with Crippen LogP contribution in [0.5, 0.6) is 0 Å². The van der Waals surface area contributed by atoms with E-state index in [0.29, 0.717) is 10.9 Å². The van der Waals surface area contributed by atoms with Gasteiger partial charge >= 0.3 is 0 Å². The van der Waals surface area contributed by atoms with Gasteiger partial charge in [-0.25, -0.2) is 0 Å². The van der Waals surface area contributed by atoms with Gasteiger partial charge in [-0.1, -0.05) is 29.8 Å². The van der Waals surface area contributed by atoms with Crippen LogP contribution in [0.25, 0.3) is 0 Å². The van der Waals surface area contributed by atoms with Crippen molar-refractivity contribution in [2.75, 3.05) is 5.32 Å². The first kappa shape index (κ1) is 12.7. The second kappa shape index (κ2) is 5.72. The fraction of sp³-hybridized carbons (Fsp3) is 0.455. The van der Waals surface area contributed by atoms with Gasteiger partial charge < -0.3 is 4.52 Å². The number of carbonyl (C=O) groups excluding carboxylic acids is 1. The van der Waals surface area contributed by atoms with Gasteiger partial charge in [-0.15, -0.1) is 10.2 Å². The van der Waals surface area contributed by atoms with Crippen molar-refractivity contribution in [2.45, 2.75) is 33.1 Å². The molecule has 0 aromatic carbocycles. The lowest BCUT2D eigenvalue weighted by Crippen LogP contribution is -2.11. The summed E-state index contributed by atoms with van der Waals surface area (Å²) < 4.78 is 4.84. The van der Waals surface area contributed by atoms with Crippen molar-refractivity contribution in [2.24, 2.45) is 0 Å². The third kappa shape index (κ3) is 3.13. The van der Waals surface area contributed by atoms with Crippen LogP contribution in [0.1, 0.15) is 41.0 Å². The number of carbonyl (C=O) groups is 1. The summed E-state index contributed by atoms with van der Waals surface area (Å²) in [5.41, 5.74) is 0.248. The van der Waals surface area contributed by atoms with Crippen molar-refractivity contribution in [3.05, 3.63) is 22.5 Å². The monoisotopic (exact) mass is 266 g/mol. The summed E-state index contributed by atoms with van der Waals surface area (Å²) in [6, 6.07) is 1.58. The highest BCUT2D eigenvalue weighted by Crippen LogP contribution is 2.17. The maximum absolute atomic E-state index is 11.8. The standard InChI is InChI=1S/C11H14N4O2S/c1-3-4-5-9-13-14-11(18-9)12-10(16)8-6-7(2)17-15-8/h6H,3-5H2,1-2H3,(H,12,14,16). The van der Waals surface area contributed by atoms with Crippen molar-refractivity contribution < 1.29 is 9.32 Å². The van der Waals surface area contributed by atoms with Crippen LogP contribution in [-0.2, 0) is 6.42 Å². The van der Waals surface area contributed by atoms with Gasteiger partial charge in [0.05, 0.1) is 0 Å². The zero-order chi connectivity index (χ0) is 13.0. The highest BCUT2D eigenvalue weighted by molar-refractivity contribution is 7.15. The summed E-state index contributed by atoms with van der Waals surface area (Å²) in [4.78, 5) is 11.8. The first-order valence-corrected chi connectivity index (χ1v) is 6.57. The summed E-state index contributed by atoms with van der Waals surface area (Å²) in [5.74, 6) is 0.270. The molecule has 0 fully saturated rings. The molecule has 0 radical (unpaired) electrons. The molecule has 0 spiro atoms. The molecule has 96 valence electrons. The number of rotatable bonds is 5. The van der Waals surface area contributed by atoms with Gasteiger partial charge in [0.1, 0.15) is 10.8 Å². The van der Waals surface area contributed by atoms with Gasteiger partial charge in [0, 0.05) is 12.5 Å². The van der Waals surface area contributed by atoms with Gasteiger partial charge in [-0.3, -0.25) is 10.1 Å². The molecular formula is C11H14N4O2S. The molecule has 0 bridgehead atoms. The average molecular weight is 266 g/mol. The van der Waals surface area contributed by atoms with E-state index in [1.807, 2.05) is 0 Å². The van der Waals surface area contributed by atoms with E-state index in [0.717, 1.165) is 24.3 Å². The highest BCUT2D eigenvalue weighted by Gasteiger charge is 2.13. The quantitative estimate of drug-likeness (QED) is 0.898. The second-order valence-corrected chi connectivity index (χ2v) is 4.94. The number of hydrogen-bond donors (Lipinski definition) is 1. The number of nitrogens with one attached hydrogen (secondary N) is 1. The van der Waals surface area contributed by atoms with E-state index < -0.39 is 0 Å². The van der Waals surface area contributed by atoms with Crippen LogP contribution in [0.4, 0.5) is 5.13 Å². The molecule has 2 aromatic rings. The van der Waals surface area contributed by atoms with E-state index in [4.69, 9.17) is 4.52 Å². The molecule has 18 heavy (non-hydrogen) atoms. The molecule has 7 heteroatoms. The Bertz CT molecular complexity index is 535. The summed E-state index contributed by atoms with van der Waals surface area (Å²) in [5, 5.41) is 15.7. The molecule has 0 atom stereocenters. The fourth-order valence-electron chi connectivity index (χ4n) is 1.37. The maximum atomic E-state index is 11.8. The van der Waals surface area contributed by atoms with Crippen LogP contribution in [0.15, 0.2) is 10.6 Å². The molecule has 0 saturated heterocycles. The van der Waals surface area contributed by atoms with Crippen LogP contribution in [0.2, 0.25) is 0 Å². The number of hydrogen-bond acceptors (Lipinski definition) is 6. The van der Waals surface area contributed by atoms with Crippen molar-refractivity contribution in [3.8, 4) is 0 Å². The zero-order valence-electron chi connectivity index (χ0n) is 10.3. The molecule has 0 saturated carbocycles. The van der Waals surface area contributed by atoms with Crippen molar-refractivity contribution in [1.29, 1.82) is 0 Å². The second-order valence-electron chi connectivity index (χ2n) is 3.88. The molecule has 1 amide bonds. The predicted octanol–water partition coefficient (Wildman–Crippen LogP) is 2.43. The topological polar surface area (TPSA) is 80.9 Å². The zero-order valence-corrected chi connectivity index (χ0v) is 11.1. The molecule has 2 aromatic heterocycles. The van der Waals surface area contributed by atoms with Gasteiger partial charge in [-0.05, 0) is 13.3 Å². The van der Waals surface area contributed by atoms with Crippen molar-refractivity contribution in [1.82, 2.24) is 15.4 Å². The Labute approximate surface area is 108 Å². The van der Waals surface area contributed by atoms with E-state index in [2.05, 4.69) is 27.6 Å². The Kier molecular flexibility index (Phi) is 4.03. The highest BCUT2D eigenvalue weighted by atomic mass is 32.1. The molecular weight excluding hydrogens is 252 g/mol. The third-order valence-corrected chi connectivity index (χ3v) is 3.19. The van der Waals surface area contributed by atoms with E-state index in [-0.39, 0.29) is 11.6 Å². The largest absolute Gasteiger partial charge is 0.361 e. The van der Waals surface area contributed by atoms with Crippen LogP contribution >= 0.6 is 11.3 Å². The van der Waals surface area contributed by atoms with E-state index in [9.17, 15) is 4.79 Å². The summed E-state index contributed by atoms with van der Waals surface area (Å²) in [6.07, 6.45) is 3.08. The van der Waals surface area contributed by atoms with Crippen molar-refractivity contribution >= 4 is 22.4 Å². The smallest absolute Gasteiger partial charge is 0.279 e.